The van der Waals surface area contributed by atoms with E-state index >= 15 is 0 Å². The molecule has 33 heavy (non-hydrogen) atoms. The number of aromatic nitrogens is 5. The fourth-order valence-corrected chi connectivity index (χ4v) is 3.78. The van der Waals surface area contributed by atoms with Crippen LogP contribution >= 0.6 is 0 Å². The van der Waals surface area contributed by atoms with E-state index in [0.717, 1.165) is 34.3 Å². The minimum Gasteiger partial charge on any atom is -0.491 e. The summed E-state index contributed by atoms with van der Waals surface area (Å²) in [5.41, 5.74) is 2.02. The second-order valence-electron chi connectivity index (χ2n) is 9.61. The Balaban J connectivity index is 1.65. The Morgan fingerprint density at radius 2 is 1.97 bits per heavy atom. The Morgan fingerprint density at radius 1 is 1.21 bits per heavy atom. The molecule has 1 aliphatic rings. The Kier molecular flexibility index (Phi) is 5.90. The van der Waals surface area contributed by atoms with E-state index in [-0.39, 0.29) is 12.0 Å². The van der Waals surface area contributed by atoms with E-state index in [2.05, 4.69) is 28.5 Å². The second kappa shape index (κ2) is 8.53. The monoisotopic (exact) mass is 452 g/mol. The summed E-state index contributed by atoms with van der Waals surface area (Å²) < 4.78 is 15.6. The van der Waals surface area contributed by atoms with Crippen molar-refractivity contribution in [1.29, 1.82) is 0 Å². The Morgan fingerprint density at radius 3 is 2.67 bits per heavy atom. The number of anilines is 1. The van der Waals surface area contributed by atoms with Gasteiger partial charge in [-0.2, -0.15) is 5.10 Å². The number of carbonyl (C=O) groups is 1. The van der Waals surface area contributed by atoms with Gasteiger partial charge in [0.2, 0.25) is 0 Å². The summed E-state index contributed by atoms with van der Waals surface area (Å²) in [6, 6.07) is 5.67. The highest BCUT2D eigenvalue weighted by atomic mass is 16.6. The lowest BCUT2D eigenvalue weighted by molar-refractivity contribution is -0.156. The molecule has 0 saturated carbocycles. The molecule has 9 nitrogen and oxygen atoms in total. The molecule has 176 valence electrons. The minimum absolute atomic E-state index is 0.185. The fourth-order valence-electron chi connectivity index (χ4n) is 3.78. The van der Waals surface area contributed by atoms with Crippen LogP contribution < -0.4 is 9.64 Å². The van der Waals surface area contributed by atoms with Gasteiger partial charge in [-0.3, -0.25) is 0 Å². The van der Waals surface area contributed by atoms with E-state index in [9.17, 15) is 4.79 Å². The summed E-state index contributed by atoms with van der Waals surface area (Å²) >= 11 is 0. The standard InChI is InChI=1S/C24H32N6O3/c1-15(2)30-22(25-14-26-30)19-13-29-10-11-32-20-12-17(8-9-18(20)21(29)27-19)28(7)16(3)23(31)33-24(4,5)6/h8-9,12-16H,10-11H2,1-7H3. The van der Waals surface area contributed by atoms with Gasteiger partial charge < -0.3 is 18.9 Å². The first kappa shape index (κ1) is 22.8. The van der Waals surface area contributed by atoms with Crippen molar-refractivity contribution >= 4 is 11.7 Å². The number of esters is 1. The number of benzene rings is 1. The van der Waals surface area contributed by atoms with Crippen molar-refractivity contribution in [3.63, 3.8) is 0 Å². The van der Waals surface area contributed by atoms with Crippen molar-refractivity contribution < 1.29 is 14.3 Å². The highest BCUT2D eigenvalue weighted by Crippen LogP contribution is 2.36. The lowest BCUT2D eigenvalue weighted by Gasteiger charge is -2.29. The number of likely N-dealkylation sites (N-methyl/N-ethyl adjacent to an activating group) is 1. The van der Waals surface area contributed by atoms with Crippen molar-refractivity contribution in [2.24, 2.45) is 0 Å². The van der Waals surface area contributed by atoms with Gasteiger partial charge in [0.1, 0.15) is 41.8 Å². The van der Waals surface area contributed by atoms with Crippen LogP contribution in [-0.2, 0) is 16.1 Å². The van der Waals surface area contributed by atoms with Crippen LogP contribution in [0, 0.1) is 0 Å². The first-order valence-electron chi connectivity index (χ1n) is 11.2. The highest BCUT2D eigenvalue weighted by molar-refractivity contribution is 5.81. The van der Waals surface area contributed by atoms with Gasteiger partial charge in [0.25, 0.3) is 0 Å². The molecule has 0 saturated heterocycles. The lowest BCUT2D eigenvalue weighted by Crippen LogP contribution is -2.40. The number of hydrogen-bond donors (Lipinski definition) is 0. The molecule has 1 aromatic carbocycles. The summed E-state index contributed by atoms with van der Waals surface area (Å²) in [4.78, 5) is 23.8. The summed E-state index contributed by atoms with van der Waals surface area (Å²) in [6.45, 7) is 12.8. The van der Waals surface area contributed by atoms with Gasteiger partial charge >= 0.3 is 5.97 Å². The molecular formula is C24H32N6O3. The molecule has 3 heterocycles. The number of ether oxygens (including phenoxy) is 2. The van der Waals surface area contributed by atoms with Gasteiger partial charge in [0.15, 0.2) is 5.82 Å². The van der Waals surface area contributed by atoms with Crippen molar-refractivity contribution in [2.75, 3.05) is 18.6 Å². The Bertz CT molecular complexity index is 1160. The number of imidazole rings is 1. The van der Waals surface area contributed by atoms with Crippen molar-refractivity contribution in [3.05, 3.63) is 30.7 Å². The minimum atomic E-state index is -0.530. The van der Waals surface area contributed by atoms with E-state index in [0.29, 0.717) is 13.2 Å². The topological polar surface area (TPSA) is 87.3 Å². The van der Waals surface area contributed by atoms with Gasteiger partial charge in [-0.05, 0) is 53.7 Å². The van der Waals surface area contributed by atoms with Crippen LogP contribution in [0.5, 0.6) is 5.75 Å². The quantitative estimate of drug-likeness (QED) is 0.542. The second-order valence-corrected chi connectivity index (χ2v) is 9.61. The van der Waals surface area contributed by atoms with Gasteiger partial charge in [-0.15, -0.1) is 0 Å². The van der Waals surface area contributed by atoms with Gasteiger partial charge in [0.05, 0.1) is 12.1 Å². The zero-order valence-electron chi connectivity index (χ0n) is 20.4. The summed E-state index contributed by atoms with van der Waals surface area (Å²) in [7, 11) is 1.88. The molecule has 0 bridgehead atoms. The third-order valence-electron chi connectivity index (χ3n) is 5.60. The average molecular weight is 453 g/mol. The number of nitrogens with zero attached hydrogens (tertiary/aromatic N) is 6. The molecule has 3 aromatic rings. The summed E-state index contributed by atoms with van der Waals surface area (Å²) in [5, 5.41) is 4.33. The highest BCUT2D eigenvalue weighted by Gasteiger charge is 2.27. The third kappa shape index (κ3) is 4.58. The molecule has 0 amide bonds. The molecule has 1 atom stereocenters. The maximum Gasteiger partial charge on any atom is 0.328 e. The zero-order valence-corrected chi connectivity index (χ0v) is 20.4. The van der Waals surface area contributed by atoms with Crippen molar-refractivity contribution in [2.45, 2.75) is 65.8 Å². The van der Waals surface area contributed by atoms with E-state index in [1.807, 2.05) is 68.7 Å². The molecule has 0 fully saturated rings. The molecule has 0 radical (unpaired) electrons. The van der Waals surface area contributed by atoms with Crippen LogP contribution in [0.1, 0.15) is 47.6 Å². The van der Waals surface area contributed by atoms with E-state index in [4.69, 9.17) is 14.5 Å². The molecule has 1 unspecified atom stereocenters. The maximum atomic E-state index is 12.5. The van der Waals surface area contributed by atoms with E-state index in [1.54, 1.807) is 6.33 Å². The van der Waals surface area contributed by atoms with Crippen LogP contribution in [0.2, 0.25) is 0 Å². The third-order valence-corrected chi connectivity index (χ3v) is 5.60. The summed E-state index contributed by atoms with van der Waals surface area (Å²) in [5.74, 6) is 2.04. The average Bonchev–Trinajstić information content (AvgIpc) is 3.35. The number of hydrogen-bond acceptors (Lipinski definition) is 7. The van der Waals surface area contributed by atoms with E-state index < -0.39 is 11.6 Å². The van der Waals surface area contributed by atoms with Crippen molar-refractivity contribution in [3.8, 4) is 28.7 Å². The van der Waals surface area contributed by atoms with Gasteiger partial charge in [0, 0.05) is 31.0 Å². The summed E-state index contributed by atoms with van der Waals surface area (Å²) in [6.07, 6.45) is 3.56. The molecule has 1 aliphatic heterocycles. The van der Waals surface area contributed by atoms with Crippen LogP contribution in [0.4, 0.5) is 5.69 Å². The van der Waals surface area contributed by atoms with Gasteiger partial charge in [-0.25, -0.2) is 19.4 Å². The van der Waals surface area contributed by atoms with Crippen LogP contribution in [0.15, 0.2) is 30.7 Å². The molecule has 9 heteroatoms. The fraction of sp³-hybridized carbons (Fsp3) is 0.500. The number of rotatable bonds is 5. The SMILES string of the molecule is CC(C(=O)OC(C)(C)C)N(C)c1ccc2c(c1)OCCn1cc(-c3ncnn3C(C)C)nc1-2. The first-order chi connectivity index (χ1) is 15.5. The zero-order chi connectivity index (χ0) is 23.9. The predicted octanol–water partition coefficient (Wildman–Crippen LogP) is 3.95. The smallest absolute Gasteiger partial charge is 0.328 e. The first-order valence-corrected chi connectivity index (χ1v) is 11.2. The van der Waals surface area contributed by atoms with Crippen molar-refractivity contribution in [1.82, 2.24) is 24.3 Å². The molecule has 2 aromatic heterocycles. The van der Waals surface area contributed by atoms with Crippen LogP contribution in [0.25, 0.3) is 22.9 Å². The van der Waals surface area contributed by atoms with Gasteiger partial charge in [-0.1, -0.05) is 0 Å². The maximum absolute atomic E-state index is 12.5. The number of fused-ring (bicyclic) bond motifs is 3. The Labute approximate surface area is 194 Å². The molecule has 0 spiro atoms. The Hall–Kier alpha value is -3.36. The van der Waals surface area contributed by atoms with Crippen LogP contribution in [0.3, 0.4) is 0 Å². The lowest BCUT2D eigenvalue weighted by atomic mass is 10.1. The van der Waals surface area contributed by atoms with E-state index in [1.165, 1.54) is 0 Å². The normalized spacial score (nSPS) is 14.2. The predicted molar refractivity (Wildman–Crippen MR) is 126 cm³/mol. The number of carbonyl (C=O) groups excluding carboxylic acids is 1. The molecule has 4 rings (SSSR count). The molecule has 0 aliphatic carbocycles. The van der Waals surface area contributed by atoms with Crippen LogP contribution in [-0.4, -0.2) is 55.6 Å². The molecular weight excluding hydrogens is 420 g/mol. The largest absolute Gasteiger partial charge is 0.491 e. The molecule has 0 N–H and O–H groups in total.